The molecule has 1 aliphatic heterocycles. The molecule has 0 aliphatic carbocycles. The van der Waals surface area contributed by atoms with Gasteiger partial charge in [-0.15, -0.1) is 0 Å². The predicted molar refractivity (Wildman–Crippen MR) is 97.7 cm³/mol. The van der Waals surface area contributed by atoms with Crippen LogP contribution < -0.4 is 4.90 Å². The number of hydrogen-bond acceptors (Lipinski definition) is 5. The molecule has 4 heterocycles. The Morgan fingerprint density at radius 3 is 2.38 bits per heavy atom. The van der Waals surface area contributed by atoms with Crippen LogP contribution in [-0.4, -0.2) is 34.4 Å². The predicted octanol–water partition coefficient (Wildman–Crippen LogP) is 3.72. The Labute approximate surface area is 176 Å². The largest absolute Gasteiger partial charge is 0.433 e. The summed E-state index contributed by atoms with van der Waals surface area (Å²) in [5.74, 6) is -1.90. The lowest BCUT2D eigenvalue weighted by Gasteiger charge is -2.14. The van der Waals surface area contributed by atoms with Crippen molar-refractivity contribution in [2.24, 2.45) is 0 Å². The molecule has 32 heavy (non-hydrogen) atoms. The molecule has 3 aromatic rings. The van der Waals surface area contributed by atoms with Gasteiger partial charge in [0.2, 0.25) is 0 Å². The third-order valence-electron chi connectivity index (χ3n) is 4.90. The minimum absolute atomic E-state index is 0.0934. The highest BCUT2D eigenvalue weighted by atomic mass is 32.2. The van der Waals surface area contributed by atoms with Crippen molar-refractivity contribution in [1.29, 1.82) is 0 Å². The highest BCUT2D eigenvalue weighted by Crippen LogP contribution is 2.37. The first-order valence-corrected chi connectivity index (χ1v) is 10.6. The van der Waals surface area contributed by atoms with Crippen LogP contribution in [0.2, 0.25) is 0 Å². The minimum Gasteiger partial charge on any atom is -0.289 e. The first-order valence-electron chi connectivity index (χ1n) is 8.94. The van der Waals surface area contributed by atoms with Crippen LogP contribution in [0, 0.1) is 0 Å². The van der Waals surface area contributed by atoms with Crippen molar-refractivity contribution < 1.29 is 39.6 Å². The number of aromatic nitrogens is 3. The third kappa shape index (κ3) is 3.47. The Hall–Kier alpha value is -3.16. The third-order valence-corrected chi connectivity index (χ3v) is 6.63. The maximum atomic E-state index is 13.1. The van der Waals surface area contributed by atoms with Crippen molar-refractivity contribution in [1.82, 2.24) is 14.4 Å². The van der Waals surface area contributed by atoms with E-state index < -0.39 is 56.0 Å². The van der Waals surface area contributed by atoms with Gasteiger partial charge in [0.1, 0.15) is 11.3 Å². The average Bonchev–Trinajstić information content (AvgIpc) is 3.24. The number of imidazole rings is 1. The number of carbonyl (C=O) groups is 1. The fraction of sp³-hybridized carbons (Fsp3) is 0.278. The summed E-state index contributed by atoms with van der Waals surface area (Å²) in [7, 11) is -4.11. The Balaban J connectivity index is 1.90. The number of rotatable bonds is 3. The summed E-state index contributed by atoms with van der Waals surface area (Å²) in [6.45, 7) is 0.949. The summed E-state index contributed by atoms with van der Waals surface area (Å²) in [6, 6.07) is 1.83. The molecular formula is C18H12F6N4O3S. The van der Waals surface area contributed by atoms with Gasteiger partial charge in [-0.1, -0.05) is 6.92 Å². The number of fused-ring (bicyclic) bond motifs is 2. The SMILES string of the molecule is CCS(=O)(=O)c1c(N2Cc3cnc(C(F)(F)F)cc3C2=O)nc2cc(C(F)(F)F)ccn12. The molecule has 0 radical (unpaired) electrons. The van der Waals surface area contributed by atoms with Crippen LogP contribution in [-0.2, 0) is 28.7 Å². The quantitative estimate of drug-likeness (QED) is 0.536. The van der Waals surface area contributed by atoms with E-state index in [4.69, 9.17) is 0 Å². The number of nitrogens with zero attached hydrogens (tertiary/aromatic N) is 4. The summed E-state index contributed by atoms with van der Waals surface area (Å²) in [5, 5.41) is -0.533. The van der Waals surface area contributed by atoms with Crippen molar-refractivity contribution in [3.8, 4) is 0 Å². The molecule has 14 heteroatoms. The van der Waals surface area contributed by atoms with Crippen molar-refractivity contribution in [3.05, 3.63) is 53.0 Å². The van der Waals surface area contributed by atoms with Crippen LogP contribution in [0.5, 0.6) is 0 Å². The molecule has 0 spiro atoms. The molecule has 7 nitrogen and oxygen atoms in total. The summed E-state index contributed by atoms with van der Waals surface area (Å²) in [6.07, 6.45) is -7.82. The zero-order valence-electron chi connectivity index (χ0n) is 16.0. The molecule has 0 N–H and O–H groups in total. The summed E-state index contributed by atoms with van der Waals surface area (Å²) < 4.78 is 104. The second-order valence-corrected chi connectivity index (χ2v) is 9.09. The zero-order valence-corrected chi connectivity index (χ0v) is 16.8. The molecule has 0 saturated carbocycles. The van der Waals surface area contributed by atoms with E-state index >= 15 is 0 Å². The molecule has 0 saturated heterocycles. The van der Waals surface area contributed by atoms with Gasteiger partial charge in [-0.3, -0.25) is 19.1 Å². The zero-order chi connectivity index (χ0) is 23.6. The van der Waals surface area contributed by atoms with Gasteiger partial charge in [0.25, 0.3) is 5.91 Å². The van der Waals surface area contributed by atoms with Crippen LogP contribution in [0.1, 0.15) is 34.1 Å². The number of anilines is 1. The number of alkyl halides is 6. The summed E-state index contributed by atoms with van der Waals surface area (Å²) in [4.78, 5) is 20.9. The number of amides is 1. The van der Waals surface area contributed by atoms with Gasteiger partial charge in [-0.05, 0) is 18.2 Å². The number of carbonyl (C=O) groups excluding carboxylic acids is 1. The first kappa shape index (κ1) is 22.0. The molecular weight excluding hydrogens is 466 g/mol. The Bertz CT molecular complexity index is 1360. The number of halogens is 6. The summed E-state index contributed by atoms with van der Waals surface area (Å²) in [5.41, 5.74) is -3.04. The lowest BCUT2D eigenvalue weighted by atomic mass is 10.1. The van der Waals surface area contributed by atoms with E-state index in [1.807, 2.05) is 0 Å². The Morgan fingerprint density at radius 1 is 1.09 bits per heavy atom. The topological polar surface area (TPSA) is 84.6 Å². The van der Waals surface area contributed by atoms with Gasteiger partial charge >= 0.3 is 12.4 Å². The van der Waals surface area contributed by atoms with Crippen molar-refractivity contribution in [2.45, 2.75) is 30.8 Å². The smallest absolute Gasteiger partial charge is 0.289 e. The van der Waals surface area contributed by atoms with E-state index in [1.54, 1.807) is 0 Å². The lowest BCUT2D eigenvalue weighted by Crippen LogP contribution is -2.26. The van der Waals surface area contributed by atoms with E-state index in [2.05, 4.69) is 9.97 Å². The minimum atomic E-state index is -4.81. The molecule has 170 valence electrons. The van der Waals surface area contributed by atoms with E-state index in [0.717, 1.165) is 21.7 Å². The molecule has 4 rings (SSSR count). The number of hydrogen-bond donors (Lipinski definition) is 0. The molecule has 0 aromatic carbocycles. The van der Waals surface area contributed by atoms with Crippen LogP contribution in [0.4, 0.5) is 32.2 Å². The van der Waals surface area contributed by atoms with Gasteiger partial charge in [-0.2, -0.15) is 26.3 Å². The molecule has 1 amide bonds. The molecule has 0 unspecified atom stereocenters. The van der Waals surface area contributed by atoms with Crippen LogP contribution in [0.3, 0.4) is 0 Å². The monoisotopic (exact) mass is 478 g/mol. The fourth-order valence-electron chi connectivity index (χ4n) is 3.31. The van der Waals surface area contributed by atoms with Gasteiger partial charge < -0.3 is 0 Å². The fourth-order valence-corrected chi connectivity index (χ4v) is 4.47. The van der Waals surface area contributed by atoms with E-state index in [-0.39, 0.29) is 23.3 Å². The standard InChI is InChI=1S/C18H12F6N4O3S/c1-2-32(30,31)16-14(26-13-5-10(17(19,20)21)3-4-27(13)16)28-8-9-7-25-12(18(22,23)24)6-11(9)15(28)29/h3-7H,2,8H2,1H3. The van der Waals surface area contributed by atoms with Gasteiger partial charge in [0, 0.05) is 23.5 Å². The molecule has 1 aliphatic rings. The lowest BCUT2D eigenvalue weighted by molar-refractivity contribution is -0.141. The van der Waals surface area contributed by atoms with Gasteiger partial charge in [0.15, 0.2) is 20.7 Å². The molecule has 3 aromatic heterocycles. The van der Waals surface area contributed by atoms with E-state index in [1.165, 1.54) is 6.92 Å². The average molecular weight is 478 g/mol. The van der Waals surface area contributed by atoms with Crippen LogP contribution >= 0.6 is 0 Å². The van der Waals surface area contributed by atoms with E-state index in [0.29, 0.717) is 18.2 Å². The first-order chi connectivity index (χ1) is 14.7. The molecule has 0 bridgehead atoms. The maximum absolute atomic E-state index is 13.1. The molecule has 0 fully saturated rings. The van der Waals surface area contributed by atoms with Gasteiger partial charge in [0.05, 0.1) is 17.9 Å². The second-order valence-electron chi connectivity index (χ2n) is 6.90. The highest BCUT2D eigenvalue weighted by molar-refractivity contribution is 7.91. The van der Waals surface area contributed by atoms with Gasteiger partial charge in [-0.25, -0.2) is 13.4 Å². The van der Waals surface area contributed by atoms with Crippen LogP contribution in [0.25, 0.3) is 5.65 Å². The number of pyridine rings is 2. The van der Waals surface area contributed by atoms with E-state index in [9.17, 15) is 39.6 Å². The van der Waals surface area contributed by atoms with Crippen LogP contribution in [0.15, 0.2) is 35.6 Å². The Morgan fingerprint density at radius 2 is 1.78 bits per heavy atom. The molecule has 0 atom stereocenters. The van der Waals surface area contributed by atoms with Crippen molar-refractivity contribution in [3.63, 3.8) is 0 Å². The Kier molecular flexibility index (Phi) is 4.77. The number of sulfone groups is 1. The second kappa shape index (κ2) is 6.92. The maximum Gasteiger partial charge on any atom is 0.433 e. The van der Waals surface area contributed by atoms with Crippen molar-refractivity contribution in [2.75, 3.05) is 10.7 Å². The summed E-state index contributed by atoms with van der Waals surface area (Å²) >= 11 is 0. The van der Waals surface area contributed by atoms with Crippen molar-refractivity contribution >= 4 is 27.2 Å². The highest BCUT2D eigenvalue weighted by Gasteiger charge is 2.40. The normalized spacial score (nSPS) is 15.0.